The molecule has 0 saturated carbocycles. The quantitative estimate of drug-likeness (QED) is 0.349. The van der Waals surface area contributed by atoms with Crippen molar-refractivity contribution >= 4 is 23.6 Å². The lowest BCUT2D eigenvalue weighted by Crippen LogP contribution is -2.27. The second-order valence-corrected chi connectivity index (χ2v) is 5.27. The molecule has 24 heavy (non-hydrogen) atoms. The van der Waals surface area contributed by atoms with Crippen LogP contribution in [0.15, 0.2) is 48.5 Å². The molecule has 0 unspecified atom stereocenters. The van der Waals surface area contributed by atoms with Crippen molar-refractivity contribution in [3.05, 3.63) is 64.7 Å². The smallest absolute Gasteiger partial charge is 0.257 e. The summed E-state index contributed by atoms with van der Waals surface area (Å²) in [6.07, 6.45) is 2.98. The molecule has 126 valence electrons. The summed E-state index contributed by atoms with van der Waals surface area (Å²) < 4.78 is 11.4. The maximum Gasteiger partial charge on any atom is 0.257 e. The molecular weight excluding hydrogens is 328 g/mol. The van der Waals surface area contributed by atoms with Gasteiger partial charge in [-0.05, 0) is 36.8 Å². The Hall–Kier alpha value is -2.50. The van der Waals surface area contributed by atoms with Gasteiger partial charge in [-0.25, -0.2) is 5.84 Å². The molecule has 0 radical (unpaired) electrons. The molecule has 2 aromatic rings. The molecule has 2 aromatic carbocycles. The van der Waals surface area contributed by atoms with Gasteiger partial charge in [-0.2, -0.15) is 0 Å². The number of benzene rings is 2. The summed E-state index contributed by atoms with van der Waals surface area (Å²) in [7, 11) is 0. The molecule has 0 fully saturated rings. The first-order chi connectivity index (χ1) is 11.6. The SMILES string of the molecule is CCOc1cc(/C=C/C(=O)NN)ccc1OCc1ccccc1Cl. The van der Waals surface area contributed by atoms with E-state index in [1.165, 1.54) is 6.08 Å². The largest absolute Gasteiger partial charge is 0.490 e. The maximum absolute atomic E-state index is 11.2. The molecule has 0 aliphatic heterocycles. The summed E-state index contributed by atoms with van der Waals surface area (Å²) in [5.41, 5.74) is 3.73. The Kier molecular flexibility index (Phi) is 6.66. The number of carbonyl (C=O) groups is 1. The monoisotopic (exact) mass is 346 g/mol. The molecule has 0 atom stereocenters. The van der Waals surface area contributed by atoms with Crippen molar-refractivity contribution in [2.45, 2.75) is 13.5 Å². The van der Waals surface area contributed by atoms with Crippen molar-refractivity contribution in [1.82, 2.24) is 5.43 Å². The standard InChI is InChI=1S/C18H19ClN2O3/c1-2-23-17-11-13(8-10-18(22)21-20)7-9-16(17)24-12-14-5-3-4-6-15(14)19/h3-11H,2,12,20H2,1H3,(H,21,22)/b10-8+. The highest BCUT2D eigenvalue weighted by molar-refractivity contribution is 6.31. The molecule has 3 N–H and O–H groups in total. The first-order valence-electron chi connectivity index (χ1n) is 7.45. The molecule has 0 aromatic heterocycles. The molecule has 0 spiro atoms. The van der Waals surface area contributed by atoms with Crippen LogP contribution in [0.25, 0.3) is 6.08 Å². The molecule has 1 amide bonds. The van der Waals surface area contributed by atoms with Gasteiger partial charge in [0.25, 0.3) is 5.91 Å². The van der Waals surface area contributed by atoms with Gasteiger partial charge in [-0.15, -0.1) is 0 Å². The van der Waals surface area contributed by atoms with Crippen LogP contribution in [0.5, 0.6) is 11.5 Å². The van der Waals surface area contributed by atoms with E-state index in [0.717, 1.165) is 11.1 Å². The van der Waals surface area contributed by atoms with Crippen LogP contribution in [0.2, 0.25) is 5.02 Å². The van der Waals surface area contributed by atoms with E-state index in [2.05, 4.69) is 0 Å². The zero-order chi connectivity index (χ0) is 17.4. The number of amides is 1. The molecule has 2 rings (SSSR count). The highest BCUT2D eigenvalue weighted by Crippen LogP contribution is 2.30. The van der Waals surface area contributed by atoms with Crippen molar-refractivity contribution in [2.24, 2.45) is 5.84 Å². The van der Waals surface area contributed by atoms with Crippen molar-refractivity contribution < 1.29 is 14.3 Å². The highest BCUT2D eigenvalue weighted by atomic mass is 35.5. The second kappa shape index (κ2) is 8.96. The molecule has 0 bridgehead atoms. The first kappa shape index (κ1) is 17.8. The summed E-state index contributed by atoms with van der Waals surface area (Å²) in [5, 5.41) is 0.655. The lowest BCUT2D eigenvalue weighted by atomic mass is 10.2. The number of nitrogens with two attached hydrogens (primary N) is 1. The van der Waals surface area contributed by atoms with Gasteiger partial charge in [0.05, 0.1) is 6.61 Å². The Morgan fingerprint density at radius 3 is 2.71 bits per heavy atom. The fourth-order valence-corrected chi connectivity index (χ4v) is 2.20. The van der Waals surface area contributed by atoms with E-state index in [1.54, 1.807) is 18.2 Å². The zero-order valence-corrected chi connectivity index (χ0v) is 14.0. The minimum Gasteiger partial charge on any atom is -0.490 e. The Labute approximate surface area is 146 Å². The van der Waals surface area contributed by atoms with Gasteiger partial charge in [-0.1, -0.05) is 35.9 Å². The number of hydrogen-bond donors (Lipinski definition) is 2. The van der Waals surface area contributed by atoms with Gasteiger partial charge >= 0.3 is 0 Å². The van der Waals surface area contributed by atoms with E-state index in [9.17, 15) is 4.79 Å². The topological polar surface area (TPSA) is 73.6 Å². The van der Waals surface area contributed by atoms with Crippen molar-refractivity contribution in [1.29, 1.82) is 0 Å². The van der Waals surface area contributed by atoms with E-state index in [0.29, 0.717) is 29.7 Å². The number of hydrazine groups is 1. The van der Waals surface area contributed by atoms with Gasteiger partial charge in [0, 0.05) is 16.7 Å². The van der Waals surface area contributed by atoms with Crippen LogP contribution in [-0.4, -0.2) is 12.5 Å². The lowest BCUT2D eigenvalue weighted by molar-refractivity contribution is -0.116. The minimum absolute atomic E-state index is 0.338. The number of rotatable bonds is 7. The van der Waals surface area contributed by atoms with E-state index in [1.807, 2.05) is 42.7 Å². The maximum atomic E-state index is 11.2. The summed E-state index contributed by atoms with van der Waals surface area (Å²) >= 11 is 6.13. The third kappa shape index (κ3) is 5.01. The average Bonchev–Trinajstić information content (AvgIpc) is 2.60. The van der Waals surface area contributed by atoms with Gasteiger partial charge in [0.2, 0.25) is 0 Å². The number of halogens is 1. The minimum atomic E-state index is -0.382. The fraction of sp³-hybridized carbons (Fsp3) is 0.167. The van der Waals surface area contributed by atoms with Crippen LogP contribution >= 0.6 is 11.6 Å². The number of ether oxygens (including phenoxy) is 2. The predicted molar refractivity (Wildman–Crippen MR) is 94.8 cm³/mol. The number of hydrogen-bond acceptors (Lipinski definition) is 4. The van der Waals surface area contributed by atoms with Gasteiger partial charge in [0.15, 0.2) is 11.5 Å². The first-order valence-corrected chi connectivity index (χ1v) is 7.83. The summed E-state index contributed by atoms with van der Waals surface area (Å²) in [4.78, 5) is 11.2. The molecule has 0 aliphatic rings. The summed E-state index contributed by atoms with van der Waals surface area (Å²) in [6.45, 7) is 2.73. The molecule has 0 aliphatic carbocycles. The van der Waals surface area contributed by atoms with Crippen LogP contribution in [0, 0.1) is 0 Å². The second-order valence-electron chi connectivity index (χ2n) is 4.86. The van der Waals surface area contributed by atoms with Crippen LogP contribution in [0.4, 0.5) is 0 Å². The van der Waals surface area contributed by atoms with Crippen molar-refractivity contribution in [3.8, 4) is 11.5 Å². The van der Waals surface area contributed by atoms with Crippen LogP contribution < -0.4 is 20.7 Å². The lowest BCUT2D eigenvalue weighted by Gasteiger charge is -2.13. The fourth-order valence-electron chi connectivity index (χ4n) is 2.01. The molecule has 5 nitrogen and oxygen atoms in total. The number of carbonyl (C=O) groups excluding carboxylic acids is 1. The van der Waals surface area contributed by atoms with Gasteiger partial charge in [-0.3, -0.25) is 10.2 Å². The molecular formula is C18H19ClN2O3. The Morgan fingerprint density at radius 1 is 1.21 bits per heavy atom. The van der Waals surface area contributed by atoms with Crippen LogP contribution in [0.3, 0.4) is 0 Å². The third-order valence-electron chi connectivity index (χ3n) is 3.18. The summed E-state index contributed by atoms with van der Waals surface area (Å²) in [5.74, 6) is 5.86. The predicted octanol–water partition coefficient (Wildman–Crippen LogP) is 3.32. The Balaban J connectivity index is 2.15. The molecule has 0 saturated heterocycles. The van der Waals surface area contributed by atoms with Gasteiger partial charge < -0.3 is 9.47 Å². The Morgan fingerprint density at radius 2 is 2.00 bits per heavy atom. The third-order valence-corrected chi connectivity index (χ3v) is 3.55. The highest BCUT2D eigenvalue weighted by Gasteiger charge is 2.07. The van der Waals surface area contributed by atoms with Gasteiger partial charge in [0.1, 0.15) is 6.61 Å². The van der Waals surface area contributed by atoms with E-state index >= 15 is 0 Å². The normalized spacial score (nSPS) is 10.6. The average molecular weight is 347 g/mol. The van der Waals surface area contributed by atoms with Crippen LogP contribution in [0.1, 0.15) is 18.1 Å². The zero-order valence-electron chi connectivity index (χ0n) is 13.3. The van der Waals surface area contributed by atoms with E-state index in [4.69, 9.17) is 26.9 Å². The van der Waals surface area contributed by atoms with Crippen molar-refractivity contribution in [3.63, 3.8) is 0 Å². The molecule has 0 heterocycles. The number of nitrogens with one attached hydrogen (secondary N) is 1. The van der Waals surface area contributed by atoms with E-state index in [-0.39, 0.29) is 5.91 Å². The van der Waals surface area contributed by atoms with Crippen molar-refractivity contribution in [2.75, 3.05) is 6.61 Å². The van der Waals surface area contributed by atoms with E-state index < -0.39 is 0 Å². The summed E-state index contributed by atoms with van der Waals surface area (Å²) in [6, 6.07) is 12.9. The van der Waals surface area contributed by atoms with Crippen LogP contribution in [-0.2, 0) is 11.4 Å². The molecule has 6 heteroatoms. The Bertz CT molecular complexity index is 732.